The van der Waals surface area contributed by atoms with E-state index < -0.39 is 0 Å². The van der Waals surface area contributed by atoms with Gasteiger partial charge in [0, 0.05) is 11.6 Å². The van der Waals surface area contributed by atoms with E-state index in [1.807, 2.05) is 0 Å². The zero-order valence-electron chi connectivity index (χ0n) is 11.7. The van der Waals surface area contributed by atoms with Crippen molar-refractivity contribution in [2.45, 2.75) is 44.2 Å². The van der Waals surface area contributed by atoms with Gasteiger partial charge < -0.3 is 10.1 Å². The summed E-state index contributed by atoms with van der Waals surface area (Å²) in [7, 11) is 1.57. The SMILES string of the molecule is COc1cc(C(=O)C2CC3CCCCC3N2)ccc1Cl. The monoisotopic (exact) mass is 293 g/mol. The van der Waals surface area contributed by atoms with E-state index in [1.165, 1.54) is 25.7 Å². The van der Waals surface area contributed by atoms with E-state index in [9.17, 15) is 4.79 Å². The van der Waals surface area contributed by atoms with Gasteiger partial charge in [0.2, 0.25) is 0 Å². The summed E-state index contributed by atoms with van der Waals surface area (Å²) >= 11 is 6.01. The molecule has 1 aliphatic carbocycles. The Bertz CT molecular complexity index is 503. The van der Waals surface area contributed by atoms with Crippen LogP contribution in [0.3, 0.4) is 0 Å². The molecule has 1 aromatic carbocycles. The molecule has 20 heavy (non-hydrogen) atoms. The molecule has 2 aliphatic rings. The fourth-order valence-electron chi connectivity index (χ4n) is 3.54. The van der Waals surface area contributed by atoms with Crippen molar-refractivity contribution in [3.8, 4) is 5.75 Å². The molecule has 4 heteroatoms. The van der Waals surface area contributed by atoms with Gasteiger partial charge in [-0.15, -0.1) is 0 Å². The summed E-state index contributed by atoms with van der Waals surface area (Å²) < 4.78 is 5.19. The summed E-state index contributed by atoms with van der Waals surface area (Å²) in [5, 5.41) is 4.06. The van der Waals surface area contributed by atoms with Crippen LogP contribution in [0, 0.1) is 5.92 Å². The van der Waals surface area contributed by atoms with Crippen molar-refractivity contribution in [2.75, 3.05) is 7.11 Å². The minimum absolute atomic E-state index is 0.0472. The Labute approximate surface area is 124 Å². The number of halogens is 1. The van der Waals surface area contributed by atoms with Crippen molar-refractivity contribution in [2.24, 2.45) is 5.92 Å². The molecule has 2 fully saturated rings. The second kappa shape index (κ2) is 5.74. The van der Waals surface area contributed by atoms with Crippen LogP contribution in [-0.4, -0.2) is 25.0 Å². The summed E-state index contributed by atoms with van der Waals surface area (Å²) in [6, 6.07) is 5.75. The van der Waals surface area contributed by atoms with E-state index in [0.717, 1.165) is 6.42 Å². The molecular formula is C16H20ClNO2. The van der Waals surface area contributed by atoms with E-state index in [0.29, 0.717) is 28.3 Å². The number of nitrogens with one attached hydrogen (secondary N) is 1. The third-order valence-electron chi connectivity index (χ3n) is 4.61. The Morgan fingerprint density at radius 2 is 2.15 bits per heavy atom. The summed E-state index contributed by atoms with van der Waals surface area (Å²) in [4.78, 5) is 12.6. The maximum absolute atomic E-state index is 12.6. The Hall–Kier alpha value is -1.06. The van der Waals surface area contributed by atoms with Gasteiger partial charge in [-0.2, -0.15) is 0 Å². The predicted octanol–water partition coefficient (Wildman–Crippen LogP) is 3.45. The number of Topliss-reactive ketones (excluding diaryl/α,β-unsaturated/α-hetero) is 1. The van der Waals surface area contributed by atoms with Gasteiger partial charge in [0.15, 0.2) is 5.78 Å². The smallest absolute Gasteiger partial charge is 0.179 e. The normalized spacial score (nSPS) is 29.0. The number of fused-ring (bicyclic) bond motifs is 1. The lowest BCUT2D eigenvalue weighted by Crippen LogP contribution is -2.37. The second-order valence-corrected chi connectivity index (χ2v) is 6.23. The molecule has 0 amide bonds. The lowest BCUT2D eigenvalue weighted by molar-refractivity contribution is 0.0948. The second-order valence-electron chi connectivity index (χ2n) is 5.82. The highest BCUT2D eigenvalue weighted by molar-refractivity contribution is 6.32. The van der Waals surface area contributed by atoms with Gasteiger partial charge in [-0.3, -0.25) is 4.79 Å². The van der Waals surface area contributed by atoms with Gasteiger partial charge in [-0.05, 0) is 43.4 Å². The van der Waals surface area contributed by atoms with E-state index in [4.69, 9.17) is 16.3 Å². The molecule has 3 atom stereocenters. The van der Waals surface area contributed by atoms with E-state index in [-0.39, 0.29) is 11.8 Å². The van der Waals surface area contributed by atoms with Gasteiger partial charge in [0.05, 0.1) is 18.2 Å². The predicted molar refractivity (Wildman–Crippen MR) is 79.6 cm³/mol. The van der Waals surface area contributed by atoms with Gasteiger partial charge in [0.25, 0.3) is 0 Å². The molecule has 1 aliphatic heterocycles. The zero-order valence-corrected chi connectivity index (χ0v) is 12.5. The Balaban J connectivity index is 1.76. The van der Waals surface area contributed by atoms with E-state index >= 15 is 0 Å². The van der Waals surface area contributed by atoms with Crippen LogP contribution in [0.1, 0.15) is 42.5 Å². The molecule has 1 saturated carbocycles. The number of carbonyl (C=O) groups is 1. The first-order chi connectivity index (χ1) is 9.69. The molecule has 1 saturated heterocycles. The van der Waals surface area contributed by atoms with Crippen LogP contribution in [0.2, 0.25) is 5.02 Å². The average Bonchev–Trinajstić information content (AvgIpc) is 2.91. The highest BCUT2D eigenvalue weighted by Crippen LogP contribution is 2.34. The van der Waals surface area contributed by atoms with Gasteiger partial charge in [-0.1, -0.05) is 24.4 Å². The number of hydrogen-bond donors (Lipinski definition) is 1. The maximum atomic E-state index is 12.6. The molecule has 3 rings (SSSR count). The molecule has 1 aromatic rings. The molecule has 1 N–H and O–H groups in total. The molecular weight excluding hydrogens is 274 g/mol. The highest BCUT2D eigenvalue weighted by atomic mass is 35.5. The summed E-state index contributed by atoms with van der Waals surface area (Å²) in [6.07, 6.45) is 6.01. The molecule has 0 bridgehead atoms. The first kappa shape index (κ1) is 13.9. The van der Waals surface area contributed by atoms with Crippen LogP contribution in [0.25, 0.3) is 0 Å². The minimum atomic E-state index is -0.0472. The van der Waals surface area contributed by atoms with Gasteiger partial charge in [-0.25, -0.2) is 0 Å². The molecule has 1 heterocycles. The quantitative estimate of drug-likeness (QED) is 0.868. The fraction of sp³-hybridized carbons (Fsp3) is 0.562. The lowest BCUT2D eigenvalue weighted by Gasteiger charge is -2.24. The Kier molecular flexibility index (Phi) is 3.99. The molecule has 3 nitrogen and oxygen atoms in total. The third kappa shape index (κ3) is 2.57. The molecule has 3 unspecified atom stereocenters. The zero-order chi connectivity index (χ0) is 14.1. The standard InChI is InChI=1S/C16H20ClNO2/c1-20-15-9-11(6-7-12(15)17)16(19)14-8-10-4-2-3-5-13(10)18-14/h6-7,9-10,13-14,18H,2-5,8H2,1H3. The summed E-state index contributed by atoms with van der Waals surface area (Å²) in [6.45, 7) is 0. The van der Waals surface area contributed by atoms with Crippen molar-refractivity contribution in [3.05, 3.63) is 28.8 Å². The number of ether oxygens (including phenoxy) is 1. The van der Waals surface area contributed by atoms with E-state index in [2.05, 4.69) is 5.32 Å². The fourth-order valence-corrected chi connectivity index (χ4v) is 3.73. The first-order valence-corrected chi connectivity index (χ1v) is 7.70. The Morgan fingerprint density at radius 3 is 2.90 bits per heavy atom. The van der Waals surface area contributed by atoms with Crippen molar-refractivity contribution >= 4 is 17.4 Å². The van der Waals surface area contributed by atoms with Crippen LogP contribution < -0.4 is 10.1 Å². The topological polar surface area (TPSA) is 38.3 Å². The lowest BCUT2D eigenvalue weighted by atomic mass is 9.84. The number of hydrogen-bond acceptors (Lipinski definition) is 3. The Morgan fingerprint density at radius 1 is 1.35 bits per heavy atom. The van der Waals surface area contributed by atoms with Gasteiger partial charge >= 0.3 is 0 Å². The third-order valence-corrected chi connectivity index (χ3v) is 4.93. The first-order valence-electron chi connectivity index (χ1n) is 7.33. The van der Waals surface area contributed by atoms with Crippen LogP contribution in [0.5, 0.6) is 5.75 Å². The number of ketones is 1. The summed E-state index contributed by atoms with van der Waals surface area (Å²) in [5.41, 5.74) is 0.683. The number of rotatable bonds is 3. The molecule has 0 aromatic heterocycles. The van der Waals surface area contributed by atoms with Crippen LogP contribution >= 0.6 is 11.6 Å². The van der Waals surface area contributed by atoms with Crippen molar-refractivity contribution in [1.82, 2.24) is 5.32 Å². The van der Waals surface area contributed by atoms with Gasteiger partial charge in [0.1, 0.15) is 5.75 Å². The van der Waals surface area contributed by atoms with Crippen molar-refractivity contribution in [1.29, 1.82) is 0 Å². The van der Waals surface area contributed by atoms with E-state index in [1.54, 1.807) is 25.3 Å². The van der Waals surface area contributed by atoms with Crippen LogP contribution in [0.4, 0.5) is 0 Å². The minimum Gasteiger partial charge on any atom is -0.495 e. The molecule has 0 radical (unpaired) electrons. The maximum Gasteiger partial charge on any atom is 0.179 e. The number of carbonyl (C=O) groups excluding carboxylic acids is 1. The molecule has 108 valence electrons. The number of methoxy groups -OCH3 is 1. The van der Waals surface area contributed by atoms with Crippen LogP contribution in [-0.2, 0) is 0 Å². The van der Waals surface area contributed by atoms with Crippen molar-refractivity contribution in [3.63, 3.8) is 0 Å². The number of benzene rings is 1. The molecule has 0 spiro atoms. The van der Waals surface area contributed by atoms with Crippen molar-refractivity contribution < 1.29 is 9.53 Å². The average molecular weight is 294 g/mol. The highest BCUT2D eigenvalue weighted by Gasteiger charge is 2.38. The van der Waals surface area contributed by atoms with Crippen LogP contribution in [0.15, 0.2) is 18.2 Å². The summed E-state index contributed by atoms with van der Waals surface area (Å²) in [5.74, 6) is 1.40. The largest absolute Gasteiger partial charge is 0.495 e.